The van der Waals surface area contributed by atoms with E-state index >= 15 is 0 Å². The summed E-state index contributed by atoms with van der Waals surface area (Å²) in [5, 5.41) is 10.9. The van der Waals surface area contributed by atoms with Crippen LogP contribution in [0.1, 0.15) is 143 Å². The molecule has 2 aliphatic rings. The van der Waals surface area contributed by atoms with E-state index in [2.05, 4.69) is 37.9 Å². The van der Waals surface area contributed by atoms with Gasteiger partial charge in [-0.15, -0.1) is 14.5 Å². The predicted octanol–water partition coefficient (Wildman–Crippen LogP) is 6.55. The number of piperidine rings is 1. The first-order valence-corrected chi connectivity index (χ1v) is 18.8. The SMILES string of the molecule is CCCCN(OS(=O)(=O)ON1C(=O)N2C[C@@H]1CC[C@H]2c1nnc(CCN(C)C(=O)OC(C)(C)C)o1)C(CCC)(CCCC)CCCC. The zero-order valence-electron chi connectivity index (χ0n) is 29.8. The Morgan fingerprint density at radius 1 is 0.957 bits per heavy atom. The van der Waals surface area contributed by atoms with Crippen molar-refractivity contribution in [3.63, 3.8) is 0 Å². The molecule has 0 N–H and O–H groups in total. The number of carbonyl (C=O) groups is 2. The van der Waals surface area contributed by atoms with Crippen LogP contribution in [0, 0.1) is 0 Å². The molecule has 0 spiro atoms. The van der Waals surface area contributed by atoms with Crippen molar-refractivity contribution >= 4 is 22.5 Å². The van der Waals surface area contributed by atoms with E-state index in [1.807, 2.05) is 0 Å². The summed E-state index contributed by atoms with van der Waals surface area (Å²) in [6.07, 6.45) is 9.71. The lowest BCUT2D eigenvalue weighted by Gasteiger charge is -2.43. The molecule has 2 bridgehead atoms. The number of likely N-dealkylation sites (N-methyl/N-ethyl adjacent to an activating group) is 1. The van der Waals surface area contributed by atoms with Crippen LogP contribution in [-0.4, -0.2) is 94.5 Å². The number of unbranched alkanes of at least 4 members (excludes halogenated alkanes) is 3. The lowest BCUT2D eigenvalue weighted by molar-refractivity contribution is -0.172. The van der Waals surface area contributed by atoms with Gasteiger partial charge in [-0.25, -0.2) is 9.59 Å². The van der Waals surface area contributed by atoms with E-state index in [4.69, 9.17) is 17.7 Å². The number of fused-ring (bicyclic) bond motifs is 2. The van der Waals surface area contributed by atoms with Gasteiger partial charge in [-0.3, -0.25) is 0 Å². The zero-order valence-corrected chi connectivity index (χ0v) is 30.6. The van der Waals surface area contributed by atoms with Gasteiger partial charge in [0.05, 0.1) is 6.04 Å². The number of hydroxylamine groups is 4. The van der Waals surface area contributed by atoms with Crippen LogP contribution in [0.25, 0.3) is 0 Å². The molecule has 2 atom stereocenters. The summed E-state index contributed by atoms with van der Waals surface area (Å²) in [5.74, 6) is 0.580. The summed E-state index contributed by atoms with van der Waals surface area (Å²) in [7, 11) is -2.99. The Morgan fingerprint density at radius 2 is 1.62 bits per heavy atom. The molecule has 3 rings (SSSR count). The van der Waals surface area contributed by atoms with Crippen LogP contribution in [0.2, 0.25) is 0 Å². The first-order valence-electron chi connectivity index (χ1n) is 17.5. The summed E-state index contributed by atoms with van der Waals surface area (Å²) in [5.41, 5.74) is -1.05. The summed E-state index contributed by atoms with van der Waals surface area (Å²) < 4.78 is 49.6. The highest BCUT2D eigenvalue weighted by Gasteiger charge is 2.50. The second-order valence-corrected chi connectivity index (χ2v) is 15.0. The first-order chi connectivity index (χ1) is 22.2. The van der Waals surface area contributed by atoms with Gasteiger partial charge in [0.15, 0.2) is 0 Å². The first kappa shape index (κ1) is 39.0. The minimum atomic E-state index is -4.62. The smallest absolute Gasteiger partial charge is 0.437 e. The Bertz CT molecular complexity index is 1240. The van der Waals surface area contributed by atoms with Gasteiger partial charge < -0.3 is 19.0 Å². The molecule has 0 aliphatic carbocycles. The van der Waals surface area contributed by atoms with Crippen LogP contribution in [0.4, 0.5) is 9.59 Å². The van der Waals surface area contributed by atoms with E-state index < -0.39 is 45.7 Å². The highest BCUT2D eigenvalue weighted by atomic mass is 32.3. The highest BCUT2D eigenvalue weighted by molar-refractivity contribution is 7.81. The predicted molar refractivity (Wildman–Crippen MR) is 176 cm³/mol. The summed E-state index contributed by atoms with van der Waals surface area (Å²) >= 11 is 0. The number of rotatable bonds is 20. The molecule has 270 valence electrons. The zero-order chi connectivity index (χ0) is 34.8. The van der Waals surface area contributed by atoms with E-state index in [1.54, 1.807) is 32.9 Å². The van der Waals surface area contributed by atoms with Crippen molar-refractivity contribution in [2.75, 3.05) is 26.7 Å². The van der Waals surface area contributed by atoms with Gasteiger partial charge >= 0.3 is 22.5 Å². The number of hydrogen-bond donors (Lipinski definition) is 0. The van der Waals surface area contributed by atoms with Crippen molar-refractivity contribution in [1.82, 2.24) is 30.1 Å². The Hall–Kier alpha value is -2.49. The number of ether oxygens (including phenoxy) is 1. The Balaban J connectivity index is 1.70. The fourth-order valence-electron chi connectivity index (χ4n) is 6.29. The molecule has 1 aromatic heterocycles. The average molecular weight is 687 g/mol. The van der Waals surface area contributed by atoms with Crippen molar-refractivity contribution in [2.45, 2.75) is 155 Å². The third-order valence-electron chi connectivity index (χ3n) is 8.76. The Kier molecular flexibility index (Phi) is 14.3. The van der Waals surface area contributed by atoms with Gasteiger partial charge in [0.2, 0.25) is 11.8 Å². The van der Waals surface area contributed by atoms with E-state index in [9.17, 15) is 18.0 Å². The lowest BCUT2D eigenvalue weighted by Crippen LogP contribution is -2.51. The van der Waals surface area contributed by atoms with Crippen molar-refractivity contribution in [2.24, 2.45) is 0 Å². The van der Waals surface area contributed by atoms with Crippen LogP contribution in [0.15, 0.2) is 4.42 Å². The molecule has 3 heterocycles. The molecule has 1 aromatic rings. The fourth-order valence-corrected chi connectivity index (χ4v) is 7.15. The molecule has 2 saturated heterocycles. The van der Waals surface area contributed by atoms with Gasteiger partial charge in [0, 0.05) is 38.6 Å². The van der Waals surface area contributed by atoms with Crippen LogP contribution in [-0.2, 0) is 30.1 Å². The van der Waals surface area contributed by atoms with Gasteiger partial charge in [-0.1, -0.05) is 66.2 Å². The summed E-state index contributed by atoms with van der Waals surface area (Å²) in [6, 6.07) is -1.58. The van der Waals surface area contributed by atoms with Gasteiger partial charge in [-0.2, -0.15) is 22.8 Å². The van der Waals surface area contributed by atoms with Crippen molar-refractivity contribution < 1.29 is 35.7 Å². The maximum Gasteiger partial charge on any atom is 0.437 e. The number of hydrogen-bond acceptors (Lipinski definition) is 11. The van der Waals surface area contributed by atoms with Gasteiger partial charge in [0.1, 0.15) is 11.6 Å². The molecule has 2 fully saturated rings. The molecular weight excluding hydrogens is 628 g/mol. The molecule has 0 radical (unpaired) electrons. The number of amides is 3. The molecule has 3 amide bonds. The molecule has 0 aromatic carbocycles. The summed E-state index contributed by atoms with van der Waals surface area (Å²) in [6.45, 7) is 14.8. The standard InChI is InChI=1S/C32H58N6O8S/c1-9-13-20-32(19-12-4,21-14-10-2)37(22-15-11-3)45-47(41,42)46-38-25-16-17-26(36(24-25)29(38)39)28-34-33-27(43-28)18-23-35(8)30(40)44-31(5,6)7/h25-26H,9-24H2,1-8H3/t25-,26-/m0/s1. The maximum atomic E-state index is 13.5. The summed E-state index contributed by atoms with van der Waals surface area (Å²) in [4.78, 5) is 28.8. The van der Waals surface area contributed by atoms with Crippen LogP contribution in [0.5, 0.6) is 0 Å². The molecule has 2 aliphatic heterocycles. The van der Waals surface area contributed by atoms with E-state index in [0.717, 1.165) is 69.3 Å². The quantitative estimate of drug-likeness (QED) is 0.138. The highest BCUT2D eigenvalue weighted by Crippen LogP contribution is 2.39. The second kappa shape index (κ2) is 17.3. The second-order valence-electron chi connectivity index (χ2n) is 13.9. The minimum Gasteiger partial charge on any atom is -0.444 e. The molecule has 0 unspecified atom stereocenters. The maximum absolute atomic E-state index is 13.5. The molecular formula is C32H58N6O8S. The topological polar surface area (TPSA) is 148 Å². The third-order valence-corrected chi connectivity index (χ3v) is 9.47. The largest absolute Gasteiger partial charge is 0.444 e. The Labute approximate surface area is 281 Å². The number of nitrogens with zero attached hydrogens (tertiary/aromatic N) is 6. The number of aromatic nitrogens is 2. The normalized spacial score (nSPS) is 18.8. The fraction of sp³-hybridized carbons (Fsp3) is 0.875. The van der Waals surface area contributed by atoms with E-state index in [-0.39, 0.29) is 12.4 Å². The van der Waals surface area contributed by atoms with Crippen LogP contribution in [0.3, 0.4) is 0 Å². The molecule has 15 heteroatoms. The van der Waals surface area contributed by atoms with Crippen molar-refractivity contribution in [1.29, 1.82) is 0 Å². The number of urea groups is 1. The van der Waals surface area contributed by atoms with Gasteiger partial charge in [0.25, 0.3) is 0 Å². The average Bonchev–Trinajstić information content (AvgIpc) is 3.57. The minimum absolute atomic E-state index is 0.254. The number of carbonyl (C=O) groups excluding carboxylic acids is 2. The lowest BCUT2D eigenvalue weighted by atomic mass is 9.82. The van der Waals surface area contributed by atoms with Crippen LogP contribution < -0.4 is 0 Å². The van der Waals surface area contributed by atoms with E-state index in [1.165, 1.54) is 9.80 Å². The van der Waals surface area contributed by atoms with E-state index in [0.29, 0.717) is 38.2 Å². The Morgan fingerprint density at radius 3 is 2.21 bits per heavy atom. The van der Waals surface area contributed by atoms with Gasteiger partial charge in [-0.05, 0) is 59.3 Å². The van der Waals surface area contributed by atoms with Crippen molar-refractivity contribution in [3.05, 3.63) is 11.8 Å². The monoisotopic (exact) mass is 686 g/mol. The third kappa shape index (κ3) is 10.8. The van der Waals surface area contributed by atoms with Crippen LogP contribution >= 0.6 is 0 Å². The molecule has 47 heavy (non-hydrogen) atoms. The molecule has 0 saturated carbocycles. The molecule has 14 nitrogen and oxygen atoms in total. The van der Waals surface area contributed by atoms with Crippen molar-refractivity contribution in [3.8, 4) is 0 Å².